The van der Waals surface area contributed by atoms with Gasteiger partial charge in [-0.15, -0.1) is 0 Å². The van der Waals surface area contributed by atoms with E-state index in [4.69, 9.17) is 4.74 Å². The first-order valence-electron chi connectivity index (χ1n) is 9.24. The van der Waals surface area contributed by atoms with Crippen LogP contribution in [0.5, 0.6) is 5.75 Å². The van der Waals surface area contributed by atoms with E-state index in [-0.39, 0.29) is 11.7 Å². The van der Waals surface area contributed by atoms with Crippen LogP contribution in [-0.4, -0.2) is 24.8 Å². The van der Waals surface area contributed by atoms with Crippen LogP contribution in [-0.2, 0) is 0 Å². The van der Waals surface area contributed by atoms with Gasteiger partial charge in [0.15, 0.2) is 5.78 Å². The first-order valence-corrected chi connectivity index (χ1v) is 9.24. The number of carbonyl (C=O) groups is 2. The van der Waals surface area contributed by atoms with Crippen molar-refractivity contribution in [3.05, 3.63) is 101 Å². The molecule has 142 valence electrons. The van der Waals surface area contributed by atoms with Crippen LogP contribution >= 0.6 is 0 Å². The normalized spacial score (nSPS) is 10.4. The quantitative estimate of drug-likeness (QED) is 0.495. The molecule has 0 saturated heterocycles. The van der Waals surface area contributed by atoms with Crippen molar-refractivity contribution in [2.45, 2.75) is 13.8 Å². The summed E-state index contributed by atoms with van der Waals surface area (Å²) < 4.78 is 5.82. The standard InChI is InChI=1S/C24H23NO3/c1-17-9-8-10-18(2)23(17)28-16-15-25-24(27)21-14-7-6-13-20(21)22(26)19-11-4-3-5-12-19/h3-14H,15-16H2,1-2H3,(H,25,27). The maximum Gasteiger partial charge on any atom is 0.252 e. The molecule has 1 N–H and O–H groups in total. The Morgan fingerprint density at radius 3 is 2.07 bits per heavy atom. The number of carbonyl (C=O) groups excluding carboxylic acids is 2. The van der Waals surface area contributed by atoms with E-state index < -0.39 is 0 Å². The Hall–Kier alpha value is -3.40. The third-order valence-electron chi connectivity index (χ3n) is 4.50. The third kappa shape index (κ3) is 4.46. The summed E-state index contributed by atoms with van der Waals surface area (Å²) in [5, 5.41) is 2.84. The maximum absolute atomic E-state index is 12.8. The molecule has 0 unspecified atom stereocenters. The predicted octanol–water partition coefficient (Wildman–Crippen LogP) is 4.34. The number of benzene rings is 3. The van der Waals surface area contributed by atoms with Gasteiger partial charge in [-0.05, 0) is 31.0 Å². The molecule has 0 heterocycles. The molecule has 0 aliphatic heterocycles. The van der Waals surface area contributed by atoms with Gasteiger partial charge in [-0.2, -0.15) is 0 Å². The average Bonchev–Trinajstić information content (AvgIpc) is 2.73. The summed E-state index contributed by atoms with van der Waals surface area (Å²) in [6.07, 6.45) is 0. The number of para-hydroxylation sites is 1. The molecule has 0 bridgehead atoms. The molecule has 0 radical (unpaired) electrons. The molecular formula is C24H23NO3. The van der Waals surface area contributed by atoms with Gasteiger partial charge in [0.1, 0.15) is 12.4 Å². The lowest BCUT2D eigenvalue weighted by Crippen LogP contribution is -2.29. The van der Waals surface area contributed by atoms with Gasteiger partial charge in [0.2, 0.25) is 0 Å². The highest BCUT2D eigenvalue weighted by molar-refractivity contribution is 6.15. The van der Waals surface area contributed by atoms with Gasteiger partial charge in [-0.1, -0.05) is 66.7 Å². The van der Waals surface area contributed by atoms with Gasteiger partial charge >= 0.3 is 0 Å². The fourth-order valence-corrected chi connectivity index (χ4v) is 3.06. The Morgan fingerprint density at radius 2 is 1.39 bits per heavy atom. The summed E-state index contributed by atoms with van der Waals surface area (Å²) in [7, 11) is 0. The number of hydrogen-bond acceptors (Lipinski definition) is 3. The van der Waals surface area contributed by atoms with Gasteiger partial charge in [0.05, 0.1) is 12.1 Å². The van der Waals surface area contributed by atoms with E-state index in [0.29, 0.717) is 29.8 Å². The molecule has 1 amide bonds. The van der Waals surface area contributed by atoms with Crippen molar-refractivity contribution < 1.29 is 14.3 Å². The van der Waals surface area contributed by atoms with Gasteiger partial charge in [-0.3, -0.25) is 9.59 Å². The lowest BCUT2D eigenvalue weighted by atomic mass is 9.98. The number of ether oxygens (including phenoxy) is 1. The highest BCUT2D eigenvalue weighted by Gasteiger charge is 2.17. The molecule has 0 atom stereocenters. The van der Waals surface area contributed by atoms with Gasteiger partial charge in [0, 0.05) is 11.1 Å². The van der Waals surface area contributed by atoms with Gasteiger partial charge in [-0.25, -0.2) is 0 Å². The van der Waals surface area contributed by atoms with Crippen LogP contribution < -0.4 is 10.1 Å². The van der Waals surface area contributed by atoms with E-state index in [1.54, 1.807) is 48.5 Å². The van der Waals surface area contributed by atoms with E-state index in [1.165, 1.54) is 0 Å². The van der Waals surface area contributed by atoms with Gasteiger partial charge < -0.3 is 10.1 Å². The van der Waals surface area contributed by atoms with Crippen LogP contribution in [0.1, 0.15) is 37.4 Å². The molecule has 0 aliphatic carbocycles. The first-order chi connectivity index (χ1) is 13.6. The summed E-state index contributed by atoms with van der Waals surface area (Å²) in [5.41, 5.74) is 3.43. The molecule has 0 aliphatic rings. The second kappa shape index (κ2) is 9.00. The number of nitrogens with one attached hydrogen (secondary N) is 1. The Kier molecular flexibility index (Phi) is 6.22. The minimum Gasteiger partial charge on any atom is -0.491 e. The van der Waals surface area contributed by atoms with Crippen molar-refractivity contribution in [2.75, 3.05) is 13.2 Å². The van der Waals surface area contributed by atoms with Crippen molar-refractivity contribution in [1.82, 2.24) is 5.32 Å². The molecule has 3 aromatic rings. The van der Waals surface area contributed by atoms with E-state index >= 15 is 0 Å². The topological polar surface area (TPSA) is 55.4 Å². The van der Waals surface area contributed by atoms with Crippen molar-refractivity contribution >= 4 is 11.7 Å². The lowest BCUT2D eigenvalue weighted by Gasteiger charge is -2.13. The Morgan fingerprint density at radius 1 is 0.786 bits per heavy atom. The summed E-state index contributed by atoms with van der Waals surface area (Å²) in [4.78, 5) is 25.4. The molecule has 0 spiro atoms. The second-order valence-electron chi connectivity index (χ2n) is 6.57. The van der Waals surface area contributed by atoms with Crippen LogP contribution in [0.3, 0.4) is 0 Å². The number of hydrogen-bond donors (Lipinski definition) is 1. The molecule has 4 heteroatoms. The SMILES string of the molecule is Cc1cccc(C)c1OCCNC(=O)c1ccccc1C(=O)c1ccccc1. The van der Waals surface area contributed by atoms with Crippen LogP contribution in [0.4, 0.5) is 0 Å². The minimum absolute atomic E-state index is 0.168. The molecular weight excluding hydrogens is 350 g/mol. The molecule has 3 rings (SSSR count). The highest BCUT2D eigenvalue weighted by atomic mass is 16.5. The third-order valence-corrected chi connectivity index (χ3v) is 4.50. The molecule has 0 aromatic heterocycles. The zero-order chi connectivity index (χ0) is 19.9. The Balaban J connectivity index is 1.64. The van der Waals surface area contributed by atoms with Crippen molar-refractivity contribution in [2.24, 2.45) is 0 Å². The van der Waals surface area contributed by atoms with Crippen molar-refractivity contribution in [1.29, 1.82) is 0 Å². The van der Waals surface area contributed by atoms with E-state index in [1.807, 2.05) is 38.1 Å². The fourth-order valence-electron chi connectivity index (χ4n) is 3.06. The average molecular weight is 373 g/mol. The Labute approximate surface area is 165 Å². The number of ketones is 1. The molecule has 4 nitrogen and oxygen atoms in total. The molecule has 0 fully saturated rings. The fraction of sp³-hybridized carbons (Fsp3) is 0.167. The largest absolute Gasteiger partial charge is 0.491 e. The van der Waals surface area contributed by atoms with E-state index in [9.17, 15) is 9.59 Å². The van der Waals surface area contributed by atoms with E-state index in [2.05, 4.69) is 5.32 Å². The zero-order valence-corrected chi connectivity index (χ0v) is 16.1. The smallest absolute Gasteiger partial charge is 0.252 e. The predicted molar refractivity (Wildman–Crippen MR) is 110 cm³/mol. The maximum atomic E-state index is 12.8. The molecule has 28 heavy (non-hydrogen) atoms. The second-order valence-corrected chi connectivity index (χ2v) is 6.57. The summed E-state index contributed by atoms with van der Waals surface area (Å²) >= 11 is 0. The Bertz CT molecular complexity index is 960. The monoisotopic (exact) mass is 373 g/mol. The van der Waals surface area contributed by atoms with E-state index in [0.717, 1.165) is 16.9 Å². The summed E-state index contributed by atoms with van der Waals surface area (Å²) in [5.74, 6) is 0.388. The lowest BCUT2D eigenvalue weighted by molar-refractivity contribution is 0.0936. The van der Waals surface area contributed by atoms with Crippen LogP contribution in [0.25, 0.3) is 0 Å². The number of rotatable bonds is 7. The van der Waals surface area contributed by atoms with Crippen molar-refractivity contribution in [3.63, 3.8) is 0 Å². The number of aryl methyl sites for hydroxylation is 2. The first kappa shape index (κ1) is 19.4. The van der Waals surface area contributed by atoms with Crippen molar-refractivity contribution in [3.8, 4) is 5.75 Å². The molecule has 0 saturated carbocycles. The molecule has 3 aromatic carbocycles. The summed E-state index contributed by atoms with van der Waals surface area (Å²) in [6, 6.07) is 21.8. The van der Waals surface area contributed by atoms with Crippen LogP contribution in [0.15, 0.2) is 72.8 Å². The highest BCUT2D eigenvalue weighted by Crippen LogP contribution is 2.22. The van der Waals surface area contributed by atoms with Gasteiger partial charge in [0.25, 0.3) is 5.91 Å². The minimum atomic E-state index is -0.287. The van der Waals surface area contributed by atoms with Crippen LogP contribution in [0.2, 0.25) is 0 Å². The zero-order valence-electron chi connectivity index (χ0n) is 16.1. The number of amides is 1. The van der Waals surface area contributed by atoms with Crippen LogP contribution in [0, 0.1) is 13.8 Å². The summed E-state index contributed by atoms with van der Waals surface area (Å²) in [6.45, 7) is 4.69.